The molecule has 0 radical (unpaired) electrons. The van der Waals surface area contributed by atoms with Crippen molar-refractivity contribution in [3.05, 3.63) is 28.8 Å². The average Bonchev–Trinajstić information content (AvgIpc) is 2.31. The lowest BCUT2D eigenvalue weighted by Gasteiger charge is -2.35. The summed E-state index contributed by atoms with van der Waals surface area (Å²) in [6.07, 6.45) is 0. The van der Waals surface area contributed by atoms with E-state index < -0.39 is 0 Å². The van der Waals surface area contributed by atoms with Gasteiger partial charge in [-0.05, 0) is 38.5 Å². The first-order valence-corrected chi connectivity index (χ1v) is 7.36. The predicted molar refractivity (Wildman–Crippen MR) is 83.3 cm³/mol. The zero-order valence-corrected chi connectivity index (χ0v) is 13.0. The number of nitrogens with one attached hydrogen (secondary N) is 2. The number of hydrogen-bond acceptors (Lipinski definition) is 3. The number of anilines is 1. The first kappa shape index (κ1) is 15.3. The Labute approximate surface area is 125 Å². The molecule has 110 valence electrons. The topological polar surface area (TPSA) is 44.4 Å². The number of nitrogens with zero attached hydrogens (tertiary/aromatic N) is 1. The lowest BCUT2D eigenvalue weighted by Crippen LogP contribution is -2.55. The van der Waals surface area contributed by atoms with Crippen molar-refractivity contribution in [2.45, 2.75) is 32.9 Å². The highest BCUT2D eigenvalue weighted by Gasteiger charge is 2.22. The highest BCUT2D eigenvalue weighted by molar-refractivity contribution is 6.33. The van der Waals surface area contributed by atoms with Gasteiger partial charge in [0.2, 0.25) is 5.91 Å². The standard InChI is InChI=1S/C15H22ClN3O/c1-10-4-5-14(13(16)6-10)18-15(20)9-19-7-11(2)17-12(3)8-19/h4-6,11-12,17H,7-9H2,1-3H3,(H,18,20). The van der Waals surface area contributed by atoms with Crippen molar-refractivity contribution in [3.8, 4) is 0 Å². The van der Waals surface area contributed by atoms with Crippen LogP contribution in [0.2, 0.25) is 5.02 Å². The summed E-state index contributed by atoms with van der Waals surface area (Å²) in [5, 5.41) is 6.92. The number of amides is 1. The van der Waals surface area contributed by atoms with Gasteiger partial charge in [0.15, 0.2) is 0 Å². The van der Waals surface area contributed by atoms with E-state index >= 15 is 0 Å². The van der Waals surface area contributed by atoms with Gasteiger partial charge in [0.1, 0.15) is 0 Å². The summed E-state index contributed by atoms with van der Waals surface area (Å²) in [6, 6.07) is 6.46. The van der Waals surface area contributed by atoms with Crippen molar-refractivity contribution in [1.82, 2.24) is 10.2 Å². The van der Waals surface area contributed by atoms with Gasteiger partial charge in [0.25, 0.3) is 0 Å². The lowest BCUT2D eigenvalue weighted by atomic mass is 10.1. The molecule has 2 N–H and O–H groups in total. The molecule has 1 aromatic rings. The Morgan fingerprint density at radius 1 is 1.40 bits per heavy atom. The monoisotopic (exact) mass is 295 g/mol. The van der Waals surface area contributed by atoms with Crippen LogP contribution in [0.4, 0.5) is 5.69 Å². The van der Waals surface area contributed by atoms with Crippen LogP contribution in [0.5, 0.6) is 0 Å². The molecular formula is C15H22ClN3O. The molecule has 1 fully saturated rings. The molecule has 1 amide bonds. The van der Waals surface area contributed by atoms with Crippen LogP contribution in [0.1, 0.15) is 19.4 Å². The SMILES string of the molecule is Cc1ccc(NC(=O)CN2CC(C)NC(C)C2)c(Cl)c1. The summed E-state index contributed by atoms with van der Waals surface area (Å²) in [5.74, 6) is -0.0166. The molecule has 1 aliphatic rings. The molecular weight excluding hydrogens is 274 g/mol. The highest BCUT2D eigenvalue weighted by atomic mass is 35.5. The number of benzene rings is 1. The minimum atomic E-state index is -0.0166. The van der Waals surface area contributed by atoms with Crippen LogP contribution >= 0.6 is 11.6 Å². The van der Waals surface area contributed by atoms with Crippen LogP contribution in [0.25, 0.3) is 0 Å². The Balaban J connectivity index is 1.92. The van der Waals surface area contributed by atoms with E-state index in [9.17, 15) is 4.79 Å². The van der Waals surface area contributed by atoms with Crippen molar-refractivity contribution in [2.75, 3.05) is 25.0 Å². The predicted octanol–water partition coefficient (Wildman–Crippen LogP) is 2.27. The second kappa shape index (κ2) is 6.57. The molecule has 0 bridgehead atoms. The number of halogens is 1. The zero-order valence-electron chi connectivity index (χ0n) is 12.2. The average molecular weight is 296 g/mol. The number of aryl methyl sites for hydroxylation is 1. The van der Waals surface area contributed by atoms with E-state index in [0.717, 1.165) is 18.7 Å². The van der Waals surface area contributed by atoms with Gasteiger partial charge in [-0.2, -0.15) is 0 Å². The normalized spacial score (nSPS) is 23.6. The number of piperazine rings is 1. The van der Waals surface area contributed by atoms with Crippen LogP contribution in [-0.4, -0.2) is 42.5 Å². The van der Waals surface area contributed by atoms with Crippen molar-refractivity contribution in [2.24, 2.45) is 0 Å². The lowest BCUT2D eigenvalue weighted by molar-refractivity contribution is -0.117. The summed E-state index contributed by atoms with van der Waals surface area (Å²) in [4.78, 5) is 14.3. The summed E-state index contributed by atoms with van der Waals surface area (Å²) in [5.41, 5.74) is 1.76. The summed E-state index contributed by atoms with van der Waals surface area (Å²) < 4.78 is 0. The van der Waals surface area contributed by atoms with Gasteiger partial charge in [0.05, 0.1) is 17.3 Å². The Bertz CT molecular complexity index is 482. The van der Waals surface area contributed by atoms with Crippen LogP contribution in [0, 0.1) is 6.92 Å². The first-order valence-electron chi connectivity index (χ1n) is 6.98. The fraction of sp³-hybridized carbons (Fsp3) is 0.533. The van der Waals surface area contributed by atoms with E-state index in [0.29, 0.717) is 29.3 Å². The molecule has 0 aromatic heterocycles. The van der Waals surface area contributed by atoms with Crippen molar-refractivity contribution < 1.29 is 4.79 Å². The largest absolute Gasteiger partial charge is 0.324 e. The summed E-state index contributed by atoms with van der Waals surface area (Å²) >= 11 is 6.12. The molecule has 1 heterocycles. The zero-order chi connectivity index (χ0) is 14.7. The van der Waals surface area contributed by atoms with Crippen molar-refractivity contribution >= 4 is 23.2 Å². The Morgan fingerprint density at radius 2 is 2.05 bits per heavy atom. The molecule has 2 atom stereocenters. The molecule has 1 aliphatic heterocycles. The quantitative estimate of drug-likeness (QED) is 0.899. The second-order valence-electron chi connectivity index (χ2n) is 5.69. The van der Waals surface area contributed by atoms with E-state index in [-0.39, 0.29) is 5.91 Å². The second-order valence-corrected chi connectivity index (χ2v) is 6.10. The molecule has 0 aliphatic carbocycles. The van der Waals surface area contributed by atoms with Crippen LogP contribution < -0.4 is 10.6 Å². The Morgan fingerprint density at radius 3 is 2.65 bits per heavy atom. The van der Waals surface area contributed by atoms with E-state index in [4.69, 9.17) is 11.6 Å². The van der Waals surface area contributed by atoms with Crippen molar-refractivity contribution in [3.63, 3.8) is 0 Å². The maximum absolute atomic E-state index is 12.1. The Hall–Kier alpha value is -1.10. The molecule has 0 saturated carbocycles. The fourth-order valence-electron chi connectivity index (χ4n) is 2.68. The molecule has 5 heteroatoms. The van der Waals surface area contributed by atoms with Gasteiger partial charge in [-0.15, -0.1) is 0 Å². The van der Waals surface area contributed by atoms with E-state index in [1.54, 1.807) is 0 Å². The van der Waals surface area contributed by atoms with Gasteiger partial charge in [0, 0.05) is 25.2 Å². The third-order valence-corrected chi connectivity index (χ3v) is 3.71. The van der Waals surface area contributed by atoms with Crippen LogP contribution in [0.15, 0.2) is 18.2 Å². The van der Waals surface area contributed by atoms with Gasteiger partial charge < -0.3 is 10.6 Å². The van der Waals surface area contributed by atoms with Crippen LogP contribution in [0.3, 0.4) is 0 Å². The molecule has 1 saturated heterocycles. The van der Waals surface area contributed by atoms with Crippen molar-refractivity contribution in [1.29, 1.82) is 0 Å². The summed E-state index contributed by atoms with van der Waals surface area (Å²) in [7, 11) is 0. The third-order valence-electron chi connectivity index (χ3n) is 3.40. The van der Waals surface area contributed by atoms with E-state index in [1.807, 2.05) is 25.1 Å². The van der Waals surface area contributed by atoms with Gasteiger partial charge >= 0.3 is 0 Å². The number of carbonyl (C=O) groups excluding carboxylic acids is 1. The number of carbonyl (C=O) groups is 1. The minimum absolute atomic E-state index is 0.0166. The molecule has 0 spiro atoms. The minimum Gasteiger partial charge on any atom is -0.324 e. The molecule has 20 heavy (non-hydrogen) atoms. The Kier molecular flexibility index (Phi) is 5.02. The number of rotatable bonds is 3. The summed E-state index contributed by atoms with van der Waals surface area (Å²) in [6.45, 7) is 8.43. The molecule has 2 unspecified atom stereocenters. The highest BCUT2D eigenvalue weighted by Crippen LogP contribution is 2.22. The maximum Gasteiger partial charge on any atom is 0.238 e. The van der Waals surface area contributed by atoms with Gasteiger partial charge in [-0.3, -0.25) is 9.69 Å². The molecule has 4 nitrogen and oxygen atoms in total. The smallest absolute Gasteiger partial charge is 0.238 e. The van der Waals surface area contributed by atoms with E-state index in [2.05, 4.69) is 29.4 Å². The molecule has 2 rings (SSSR count). The van der Waals surface area contributed by atoms with E-state index in [1.165, 1.54) is 0 Å². The van der Waals surface area contributed by atoms with Gasteiger partial charge in [-0.1, -0.05) is 17.7 Å². The molecule has 1 aromatic carbocycles. The maximum atomic E-state index is 12.1. The number of hydrogen-bond donors (Lipinski definition) is 2. The fourth-order valence-corrected chi connectivity index (χ4v) is 2.97. The first-order chi connectivity index (χ1) is 9.44. The third kappa shape index (κ3) is 4.20. The van der Waals surface area contributed by atoms with Gasteiger partial charge in [-0.25, -0.2) is 0 Å². The van der Waals surface area contributed by atoms with Crippen LogP contribution in [-0.2, 0) is 4.79 Å².